The van der Waals surface area contributed by atoms with E-state index >= 15 is 0 Å². The van der Waals surface area contributed by atoms with Crippen molar-refractivity contribution in [1.29, 1.82) is 0 Å². The van der Waals surface area contributed by atoms with Crippen LogP contribution in [-0.2, 0) is 14.3 Å². The molecule has 0 radical (unpaired) electrons. The maximum atomic E-state index is 12.2. The van der Waals surface area contributed by atoms with E-state index in [1.807, 2.05) is 25.7 Å². The molecule has 5 heteroatoms. The summed E-state index contributed by atoms with van der Waals surface area (Å²) in [6.45, 7) is 7.05. The molecule has 3 atom stereocenters. The van der Waals surface area contributed by atoms with Crippen molar-refractivity contribution in [2.24, 2.45) is 0 Å². The lowest BCUT2D eigenvalue weighted by Crippen LogP contribution is -2.50. The summed E-state index contributed by atoms with van der Waals surface area (Å²) in [5, 5.41) is 0. The van der Waals surface area contributed by atoms with Crippen LogP contribution in [0.3, 0.4) is 0 Å². The largest absolute Gasteiger partial charge is 0.462 e. The van der Waals surface area contributed by atoms with Crippen molar-refractivity contribution in [1.82, 2.24) is 4.90 Å². The normalized spacial score (nSPS) is 30.1. The van der Waals surface area contributed by atoms with E-state index in [-0.39, 0.29) is 30.3 Å². The number of carbonyl (C=O) groups excluding carboxylic acids is 2. The zero-order valence-corrected chi connectivity index (χ0v) is 12.1. The summed E-state index contributed by atoms with van der Waals surface area (Å²) in [7, 11) is 0. The van der Waals surface area contributed by atoms with Crippen LogP contribution in [0.5, 0.6) is 0 Å². The molecule has 0 spiro atoms. The lowest BCUT2D eigenvalue weighted by molar-refractivity contribution is -0.149. The summed E-state index contributed by atoms with van der Waals surface area (Å²) >= 11 is 0. The van der Waals surface area contributed by atoms with Gasteiger partial charge in [0.15, 0.2) is 0 Å². The number of amides is 1. The Hall–Kier alpha value is -1.26. The van der Waals surface area contributed by atoms with Crippen molar-refractivity contribution in [2.75, 3.05) is 0 Å². The molecule has 0 N–H and O–H groups in total. The van der Waals surface area contributed by atoms with Crippen LogP contribution < -0.4 is 0 Å². The molecule has 5 nitrogen and oxygen atoms in total. The highest BCUT2D eigenvalue weighted by atomic mass is 16.6. The molecule has 108 valence electrons. The molecule has 0 aromatic rings. The van der Waals surface area contributed by atoms with Crippen LogP contribution in [0.4, 0.5) is 4.79 Å². The highest BCUT2D eigenvalue weighted by Gasteiger charge is 2.45. The number of ether oxygens (including phenoxy) is 2. The van der Waals surface area contributed by atoms with E-state index in [4.69, 9.17) is 9.47 Å². The molecular weight excluding hydrogens is 246 g/mol. The van der Waals surface area contributed by atoms with E-state index in [1.165, 1.54) is 6.92 Å². The average molecular weight is 269 g/mol. The number of fused-ring (bicyclic) bond motifs is 2. The Morgan fingerprint density at radius 2 is 1.63 bits per heavy atom. The number of nitrogens with zero attached hydrogens (tertiary/aromatic N) is 1. The summed E-state index contributed by atoms with van der Waals surface area (Å²) in [4.78, 5) is 25.1. The molecule has 2 saturated heterocycles. The van der Waals surface area contributed by atoms with E-state index in [0.717, 1.165) is 25.7 Å². The monoisotopic (exact) mass is 269 g/mol. The van der Waals surface area contributed by atoms with Crippen LogP contribution >= 0.6 is 0 Å². The molecule has 2 aliphatic heterocycles. The fourth-order valence-corrected chi connectivity index (χ4v) is 3.07. The first-order chi connectivity index (χ1) is 8.76. The maximum absolute atomic E-state index is 12.2. The Balaban J connectivity index is 1.99. The van der Waals surface area contributed by atoms with Crippen molar-refractivity contribution in [3.05, 3.63) is 0 Å². The molecule has 2 fully saturated rings. The van der Waals surface area contributed by atoms with Crippen LogP contribution in [0.2, 0.25) is 0 Å². The fraction of sp³-hybridized carbons (Fsp3) is 0.857. The lowest BCUT2D eigenvalue weighted by atomic mass is 10.0. The summed E-state index contributed by atoms with van der Waals surface area (Å²) in [5.41, 5.74) is -0.469. The summed E-state index contributed by atoms with van der Waals surface area (Å²) in [5.74, 6) is -0.241. The second-order valence-electron chi connectivity index (χ2n) is 6.48. The fourth-order valence-electron chi connectivity index (χ4n) is 3.07. The Kier molecular flexibility index (Phi) is 3.74. The van der Waals surface area contributed by atoms with E-state index in [1.54, 1.807) is 0 Å². The predicted molar refractivity (Wildman–Crippen MR) is 69.7 cm³/mol. The van der Waals surface area contributed by atoms with Crippen molar-refractivity contribution in [2.45, 2.75) is 77.2 Å². The molecule has 1 amide bonds. The van der Waals surface area contributed by atoms with Gasteiger partial charge in [-0.15, -0.1) is 0 Å². The second-order valence-corrected chi connectivity index (χ2v) is 6.48. The van der Waals surface area contributed by atoms with Gasteiger partial charge in [0.1, 0.15) is 11.7 Å². The van der Waals surface area contributed by atoms with Crippen LogP contribution in [-0.4, -0.2) is 40.8 Å². The Bertz CT molecular complexity index is 360. The van der Waals surface area contributed by atoms with Gasteiger partial charge in [-0.3, -0.25) is 4.79 Å². The minimum atomic E-state index is -0.469. The Morgan fingerprint density at radius 3 is 2.05 bits per heavy atom. The Labute approximate surface area is 114 Å². The van der Waals surface area contributed by atoms with Crippen LogP contribution in [0.15, 0.2) is 0 Å². The highest BCUT2D eigenvalue weighted by Crippen LogP contribution is 2.37. The molecule has 2 heterocycles. The summed E-state index contributed by atoms with van der Waals surface area (Å²) in [6, 6.07) is 0.302. The van der Waals surface area contributed by atoms with E-state index < -0.39 is 5.60 Å². The van der Waals surface area contributed by atoms with Gasteiger partial charge in [-0.05, 0) is 33.6 Å². The van der Waals surface area contributed by atoms with Gasteiger partial charge in [0, 0.05) is 31.8 Å². The Morgan fingerprint density at radius 1 is 1.11 bits per heavy atom. The van der Waals surface area contributed by atoms with Crippen LogP contribution in [0.25, 0.3) is 0 Å². The van der Waals surface area contributed by atoms with Gasteiger partial charge < -0.3 is 14.4 Å². The first-order valence-corrected chi connectivity index (χ1v) is 6.95. The topological polar surface area (TPSA) is 55.8 Å². The molecule has 19 heavy (non-hydrogen) atoms. The third-order valence-electron chi connectivity index (χ3n) is 3.63. The van der Waals surface area contributed by atoms with Crippen molar-refractivity contribution in [3.8, 4) is 0 Å². The predicted octanol–water partition coefficient (Wildman–Crippen LogP) is 2.48. The second kappa shape index (κ2) is 5.02. The van der Waals surface area contributed by atoms with Gasteiger partial charge in [-0.1, -0.05) is 0 Å². The highest BCUT2D eigenvalue weighted by molar-refractivity contribution is 5.70. The van der Waals surface area contributed by atoms with Gasteiger partial charge in [-0.25, -0.2) is 4.79 Å². The SMILES string of the molecule is CC(=O)OC1C[C@H]2CC[C@@H](C1)N2C(=O)OC(C)(C)C. The molecule has 2 aliphatic rings. The molecule has 0 aromatic heterocycles. The average Bonchev–Trinajstić information content (AvgIpc) is 2.47. The molecular formula is C14H23NO4. The number of hydrogen-bond acceptors (Lipinski definition) is 4. The van der Waals surface area contributed by atoms with E-state index in [2.05, 4.69) is 0 Å². The van der Waals surface area contributed by atoms with Crippen molar-refractivity contribution in [3.63, 3.8) is 0 Å². The van der Waals surface area contributed by atoms with Gasteiger partial charge in [0.2, 0.25) is 0 Å². The lowest BCUT2D eigenvalue weighted by Gasteiger charge is -2.38. The number of esters is 1. The van der Waals surface area contributed by atoms with Gasteiger partial charge in [0.05, 0.1) is 0 Å². The number of rotatable bonds is 1. The summed E-state index contributed by atoms with van der Waals surface area (Å²) in [6.07, 6.45) is 3.13. The van der Waals surface area contributed by atoms with Crippen LogP contribution in [0, 0.1) is 0 Å². The van der Waals surface area contributed by atoms with Crippen molar-refractivity contribution >= 4 is 12.1 Å². The standard InChI is InChI=1S/C14H23NO4/c1-9(16)18-12-7-10-5-6-11(8-12)15(10)13(17)19-14(2,3)4/h10-12H,5-8H2,1-4H3/t10-,11+,12?. The zero-order valence-electron chi connectivity index (χ0n) is 12.1. The third kappa shape index (κ3) is 3.39. The van der Waals surface area contributed by atoms with Gasteiger partial charge >= 0.3 is 12.1 Å². The molecule has 0 saturated carbocycles. The maximum Gasteiger partial charge on any atom is 0.410 e. The minimum Gasteiger partial charge on any atom is -0.462 e. The first kappa shape index (κ1) is 14.2. The molecule has 0 aromatic carbocycles. The van der Waals surface area contributed by atoms with Gasteiger partial charge in [0.25, 0.3) is 0 Å². The quantitative estimate of drug-likeness (QED) is 0.686. The smallest absolute Gasteiger partial charge is 0.410 e. The molecule has 2 rings (SSSR count). The summed E-state index contributed by atoms with van der Waals surface area (Å²) < 4.78 is 10.7. The van der Waals surface area contributed by atoms with Crippen molar-refractivity contribution < 1.29 is 19.1 Å². The molecule has 1 unspecified atom stereocenters. The first-order valence-electron chi connectivity index (χ1n) is 6.95. The van der Waals surface area contributed by atoms with Gasteiger partial charge in [-0.2, -0.15) is 0 Å². The minimum absolute atomic E-state index is 0.0475. The number of hydrogen-bond donors (Lipinski definition) is 0. The third-order valence-corrected chi connectivity index (χ3v) is 3.63. The van der Waals surface area contributed by atoms with Crippen LogP contribution in [0.1, 0.15) is 53.4 Å². The molecule has 0 aliphatic carbocycles. The number of carbonyl (C=O) groups is 2. The van der Waals surface area contributed by atoms with E-state index in [9.17, 15) is 9.59 Å². The number of piperidine rings is 1. The van der Waals surface area contributed by atoms with E-state index in [0.29, 0.717) is 0 Å². The molecule has 2 bridgehead atoms. The zero-order chi connectivity index (χ0) is 14.2.